The monoisotopic (exact) mass is 866 g/mol. The first kappa shape index (κ1) is 44.0. The fourth-order valence-electron chi connectivity index (χ4n) is 12.4. The summed E-state index contributed by atoms with van der Waals surface area (Å²) in [6.07, 6.45) is 2.18. The van der Waals surface area contributed by atoms with E-state index in [1.807, 2.05) is 0 Å². The molecule has 8 aromatic carbocycles. The minimum Gasteiger partial charge on any atom is -0.299 e. The van der Waals surface area contributed by atoms with Gasteiger partial charge < -0.3 is 0 Å². The Morgan fingerprint density at radius 1 is 0.358 bits per heavy atom. The van der Waals surface area contributed by atoms with Crippen molar-refractivity contribution in [3.05, 3.63) is 212 Å². The van der Waals surface area contributed by atoms with Gasteiger partial charge in [-0.1, -0.05) is 227 Å². The Balaban J connectivity index is 1.17. The van der Waals surface area contributed by atoms with E-state index in [1.165, 1.54) is 133 Å². The summed E-state index contributed by atoms with van der Waals surface area (Å²) in [6.45, 7) is 27.3. The normalized spacial score (nSPS) is 11.6. The number of aryl methyl sites for hydroxylation is 12. The molecule has 0 saturated heterocycles. The molecule has 10 aromatic rings. The van der Waals surface area contributed by atoms with Gasteiger partial charge in [-0.3, -0.25) is 4.40 Å². The molecule has 0 spiro atoms. The predicted molar refractivity (Wildman–Crippen MR) is 293 cm³/mol. The zero-order valence-electron chi connectivity index (χ0n) is 41.4. The Bertz CT molecular complexity index is 3380. The van der Waals surface area contributed by atoms with Crippen molar-refractivity contribution in [2.75, 3.05) is 0 Å². The van der Waals surface area contributed by atoms with Crippen molar-refractivity contribution < 1.29 is 0 Å². The first-order valence-corrected chi connectivity index (χ1v) is 24.0. The molecule has 0 atom stereocenters. The molecule has 0 aliphatic rings. The third-order valence-electron chi connectivity index (χ3n) is 14.6. The van der Waals surface area contributed by atoms with E-state index in [4.69, 9.17) is 4.98 Å². The van der Waals surface area contributed by atoms with Crippen molar-refractivity contribution in [2.45, 2.75) is 83.1 Å². The minimum absolute atomic E-state index is 0.102. The molecule has 67 heavy (non-hydrogen) atoms. The van der Waals surface area contributed by atoms with Gasteiger partial charge in [0, 0.05) is 17.3 Å². The highest BCUT2D eigenvalue weighted by atomic mass is 15.0. The molecule has 10 rings (SSSR count). The molecule has 0 radical (unpaired) electrons. The van der Waals surface area contributed by atoms with Gasteiger partial charge in [-0.05, 0) is 117 Å². The number of nitrogens with zero attached hydrogens (tertiary/aromatic N) is 2. The number of imidazole rings is 1. The highest BCUT2D eigenvalue weighted by molar-refractivity contribution is 6.97. The smallest absolute Gasteiger partial charge is 0.242 e. The topological polar surface area (TPSA) is 17.3 Å². The summed E-state index contributed by atoms with van der Waals surface area (Å²) in [4.78, 5) is 5.48. The molecule has 2 nitrogen and oxygen atoms in total. The van der Waals surface area contributed by atoms with Gasteiger partial charge in [0.2, 0.25) is 13.4 Å². The average molecular weight is 867 g/mol. The maximum atomic E-state index is 5.48. The molecular weight excluding hydrogens is 806 g/mol. The van der Waals surface area contributed by atoms with Crippen molar-refractivity contribution in [1.29, 1.82) is 0 Å². The number of aromatic nitrogens is 2. The van der Waals surface area contributed by atoms with Gasteiger partial charge in [-0.25, -0.2) is 4.98 Å². The summed E-state index contributed by atoms with van der Waals surface area (Å²) in [7, 11) is 0. The number of rotatable bonds is 8. The van der Waals surface area contributed by atoms with Crippen molar-refractivity contribution in [3.63, 3.8) is 0 Å². The molecule has 4 heteroatoms. The van der Waals surface area contributed by atoms with Crippen molar-refractivity contribution in [1.82, 2.24) is 9.38 Å². The number of benzene rings is 8. The van der Waals surface area contributed by atoms with Crippen LogP contribution in [0.4, 0.5) is 0 Å². The van der Waals surface area contributed by atoms with Gasteiger partial charge in [0.15, 0.2) is 0 Å². The second kappa shape index (κ2) is 17.1. The van der Waals surface area contributed by atoms with E-state index in [0.29, 0.717) is 0 Å². The number of hydrogen-bond donors (Lipinski definition) is 0. The van der Waals surface area contributed by atoms with Gasteiger partial charge in [0.1, 0.15) is 5.65 Å². The molecule has 328 valence electrons. The Morgan fingerprint density at radius 2 is 0.687 bits per heavy atom. The summed E-state index contributed by atoms with van der Waals surface area (Å²) < 4.78 is 2.30. The molecule has 0 bridgehead atoms. The first-order chi connectivity index (χ1) is 32.2. The van der Waals surface area contributed by atoms with Crippen LogP contribution in [0.15, 0.2) is 146 Å². The van der Waals surface area contributed by atoms with Gasteiger partial charge in [0.25, 0.3) is 0 Å². The second-order valence-corrected chi connectivity index (χ2v) is 19.9. The molecule has 2 heterocycles. The SMILES string of the molecule is Cc1cc(C)c(B(c2ccc(-c3c4ccccc4c(-c4ccc(B(c5c(C)cc(C)cc5C)c5c(C)cc(C)cc5C)cc4)c4c3nc3ccccn34)cc2)c2c(C)cc(C)cc2C)c(C)c1. The van der Waals surface area contributed by atoms with Crippen LogP contribution in [0, 0.1) is 83.1 Å². The standard InChI is InChI=1S/C63H60B2N2/c1-37-29-41(5)58(42(6)30-37)64(59-43(7)31-38(2)32-44(59)8)51-24-20-49(21-25-51)56-53-17-13-14-18-54(53)57(63-62(56)66-55-19-15-16-28-67(55)63)50-22-26-52(27-23-50)65(60-45(9)33-39(3)34-46(60)10)61-47(11)35-40(4)36-48(61)12/h13-36H,1-12H3. The largest absolute Gasteiger partial charge is 0.299 e. The van der Waals surface area contributed by atoms with E-state index in [-0.39, 0.29) is 13.4 Å². The summed E-state index contributed by atoms with van der Waals surface area (Å²) in [5.41, 5.74) is 31.9. The van der Waals surface area contributed by atoms with Crippen LogP contribution >= 0.6 is 0 Å². The van der Waals surface area contributed by atoms with Crippen LogP contribution in [-0.4, -0.2) is 22.8 Å². The molecule has 0 N–H and O–H groups in total. The zero-order chi connectivity index (χ0) is 47.0. The van der Waals surface area contributed by atoms with Crippen molar-refractivity contribution >= 4 is 73.7 Å². The maximum absolute atomic E-state index is 5.48. The van der Waals surface area contributed by atoms with E-state index in [1.54, 1.807) is 0 Å². The lowest BCUT2D eigenvalue weighted by molar-refractivity contribution is 1.23. The lowest BCUT2D eigenvalue weighted by Gasteiger charge is -2.25. The summed E-state index contributed by atoms with van der Waals surface area (Å²) in [5.74, 6) is 0. The average Bonchev–Trinajstić information content (AvgIpc) is 3.65. The third-order valence-corrected chi connectivity index (χ3v) is 14.6. The van der Waals surface area contributed by atoms with Crippen LogP contribution in [0.5, 0.6) is 0 Å². The number of fused-ring (bicyclic) bond motifs is 4. The lowest BCUT2D eigenvalue weighted by atomic mass is 9.34. The maximum Gasteiger partial charge on any atom is 0.242 e. The molecular formula is C63H60B2N2. The molecule has 2 aromatic heterocycles. The Labute approximate surface area is 399 Å². The number of hydrogen-bond acceptors (Lipinski definition) is 1. The van der Waals surface area contributed by atoms with Crippen molar-refractivity contribution in [2.24, 2.45) is 0 Å². The van der Waals surface area contributed by atoms with Crippen LogP contribution in [0.25, 0.3) is 49.7 Å². The van der Waals surface area contributed by atoms with E-state index in [0.717, 1.165) is 16.7 Å². The highest BCUT2D eigenvalue weighted by Gasteiger charge is 2.31. The molecule has 0 saturated carbocycles. The van der Waals surface area contributed by atoms with Gasteiger partial charge in [-0.2, -0.15) is 0 Å². The quantitative estimate of drug-likeness (QED) is 0.139. The van der Waals surface area contributed by atoms with E-state index < -0.39 is 0 Å². The molecule has 0 fully saturated rings. The second-order valence-electron chi connectivity index (χ2n) is 19.9. The number of pyridine rings is 1. The lowest BCUT2D eigenvalue weighted by Crippen LogP contribution is -2.55. The summed E-state index contributed by atoms with van der Waals surface area (Å²) in [5, 5.41) is 2.42. The summed E-state index contributed by atoms with van der Waals surface area (Å²) >= 11 is 0. The van der Waals surface area contributed by atoms with Gasteiger partial charge >= 0.3 is 0 Å². The first-order valence-electron chi connectivity index (χ1n) is 24.0. The zero-order valence-corrected chi connectivity index (χ0v) is 41.4. The van der Waals surface area contributed by atoms with Gasteiger partial charge in [0.05, 0.1) is 11.0 Å². The fraction of sp³-hybridized carbons (Fsp3) is 0.190. The van der Waals surface area contributed by atoms with E-state index >= 15 is 0 Å². The summed E-state index contributed by atoms with van der Waals surface area (Å²) in [6, 6.07) is 53.1. The highest BCUT2D eigenvalue weighted by Crippen LogP contribution is 2.43. The van der Waals surface area contributed by atoms with Crippen molar-refractivity contribution in [3.8, 4) is 22.3 Å². The molecule has 0 aliphatic heterocycles. The Morgan fingerprint density at radius 3 is 1.06 bits per heavy atom. The Hall–Kier alpha value is -6.90. The fourth-order valence-corrected chi connectivity index (χ4v) is 12.4. The molecule has 0 unspecified atom stereocenters. The predicted octanol–water partition coefficient (Wildman–Crippen LogP) is 11.7. The molecule has 0 amide bonds. The third kappa shape index (κ3) is 7.61. The van der Waals surface area contributed by atoms with Crippen LogP contribution < -0.4 is 32.8 Å². The van der Waals surface area contributed by atoms with Crippen LogP contribution in [0.2, 0.25) is 0 Å². The van der Waals surface area contributed by atoms with Crippen LogP contribution in [-0.2, 0) is 0 Å². The van der Waals surface area contributed by atoms with Gasteiger partial charge in [-0.15, -0.1) is 0 Å². The van der Waals surface area contributed by atoms with Crippen LogP contribution in [0.3, 0.4) is 0 Å². The van der Waals surface area contributed by atoms with E-state index in [9.17, 15) is 0 Å². The van der Waals surface area contributed by atoms with Crippen LogP contribution in [0.1, 0.15) is 66.8 Å². The minimum atomic E-state index is 0.102. The molecule has 0 aliphatic carbocycles. The Kier molecular flexibility index (Phi) is 11.2. The van der Waals surface area contributed by atoms with E-state index in [2.05, 4.69) is 233 Å².